The Bertz CT molecular complexity index is 1070. The summed E-state index contributed by atoms with van der Waals surface area (Å²) in [6.45, 7) is 2.44. The number of hydrogen-bond donors (Lipinski definition) is 2. The number of aromatic nitrogens is 2. The van der Waals surface area contributed by atoms with Gasteiger partial charge in [0.2, 0.25) is 27.6 Å². The smallest absolute Gasteiger partial charge is 0.238 e. The number of primary sulfonamides is 1. The number of hydrogen-bond acceptors (Lipinski definition) is 6. The van der Waals surface area contributed by atoms with Crippen molar-refractivity contribution in [1.82, 2.24) is 15.5 Å². The summed E-state index contributed by atoms with van der Waals surface area (Å²) in [5.41, 5.74) is 2.91. The minimum Gasteiger partial charge on any atom is -0.356 e. The van der Waals surface area contributed by atoms with Gasteiger partial charge in [-0.25, -0.2) is 13.6 Å². The minimum absolute atomic E-state index is 0.0647. The van der Waals surface area contributed by atoms with Crippen LogP contribution in [0.5, 0.6) is 0 Å². The first kappa shape index (κ1) is 20.7. The van der Waals surface area contributed by atoms with Gasteiger partial charge >= 0.3 is 0 Å². The van der Waals surface area contributed by atoms with Crippen LogP contribution in [0.15, 0.2) is 57.9 Å². The standard InChI is InChI=1S/C20H22N4O4S/c1-14-2-6-16(7-3-14)20-23-19(28-24-20)11-10-18(25)22-13-12-15-4-8-17(9-5-15)29(21,26)27/h2-9H,10-13H2,1H3,(H,22,25)(H2,21,26,27). The number of nitrogens with two attached hydrogens (primary N) is 1. The van der Waals surface area contributed by atoms with Gasteiger partial charge < -0.3 is 9.84 Å². The summed E-state index contributed by atoms with van der Waals surface area (Å²) in [5, 5.41) is 11.8. The van der Waals surface area contributed by atoms with Gasteiger partial charge in [0, 0.05) is 24.9 Å². The largest absolute Gasteiger partial charge is 0.356 e. The Morgan fingerprint density at radius 1 is 1.07 bits per heavy atom. The predicted octanol–water partition coefficient (Wildman–Crippen LogP) is 1.98. The third-order valence-corrected chi connectivity index (χ3v) is 5.26. The highest BCUT2D eigenvalue weighted by Crippen LogP contribution is 2.16. The second-order valence-electron chi connectivity index (χ2n) is 6.67. The highest BCUT2D eigenvalue weighted by atomic mass is 32.2. The molecule has 2 aromatic carbocycles. The summed E-state index contributed by atoms with van der Waals surface area (Å²) in [4.78, 5) is 16.4. The summed E-state index contributed by atoms with van der Waals surface area (Å²) >= 11 is 0. The van der Waals surface area contributed by atoms with Crippen LogP contribution >= 0.6 is 0 Å². The van der Waals surface area contributed by atoms with Crippen LogP contribution in [0.3, 0.4) is 0 Å². The highest BCUT2D eigenvalue weighted by Gasteiger charge is 2.11. The summed E-state index contributed by atoms with van der Waals surface area (Å²) in [7, 11) is -3.69. The zero-order valence-electron chi connectivity index (χ0n) is 16.0. The molecule has 0 saturated carbocycles. The lowest BCUT2D eigenvalue weighted by Gasteiger charge is -2.05. The van der Waals surface area contributed by atoms with Crippen molar-refractivity contribution < 1.29 is 17.7 Å². The van der Waals surface area contributed by atoms with E-state index in [9.17, 15) is 13.2 Å². The normalized spacial score (nSPS) is 11.4. The Hall–Kier alpha value is -3.04. The molecule has 29 heavy (non-hydrogen) atoms. The van der Waals surface area contributed by atoms with Crippen LogP contribution in [0.1, 0.15) is 23.4 Å². The molecule has 0 aliphatic carbocycles. The molecule has 8 nitrogen and oxygen atoms in total. The van der Waals surface area contributed by atoms with Gasteiger partial charge in [-0.1, -0.05) is 47.1 Å². The summed E-state index contributed by atoms with van der Waals surface area (Å²) < 4.78 is 27.7. The van der Waals surface area contributed by atoms with Crippen molar-refractivity contribution in [3.8, 4) is 11.4 Å². The molecular weight excluding hydrogens is 392 g/mol. The van der Waals surface area contributed by atoms with Crippen LogP contribution in [0, 0.1) is 6.92 Å². The maximum atomic E-state index is 12.0. The van der Waals surface area contributed by atoms with E-state index in [0.29, 0.717) is 31.1 Å². The third-order valence-electron chi connectivity index (χ3n) is 4.33. The third kappa shape index (κ3) is 5.97. The van der Waals surface area contributed by atoms with Crippen molar-refractivity contribution >= 4 is 15.9 Å². The van der Waals surface area contributed by atoms with Crippen molar-refractivity contribution in [3.63, 3.8) is 0 Å². The SMILES string of the molecule is Cc1ccc(-c2noc(CCC(=O)NCCc3ccc(S(N)(=O)=O)cc3)n2)cc1. The number of sulfonamides is 1. The Balaban J connectivity index is 1.43. The van der Waals surface area contributed by atoms with Crippen LogP contribution in [0.4, 0.5) is 0 Å². The van der Waals surface area contributed by atoms with E-state index in [4.69, 9.17) is 9.66 Å². The molecule has 3 N–H and O–H groups in total. The molecule has 0 saturated heterocycles. The Kier molecular flexibility index (Phi) is 6.40. The van der Waals surface area contributed by atoms with Crippen LogP contribution in [-0.2, 0) is 27.7 Å². The van der Waals surface area contributed by atoms with E-state index >= 15 is 0 Å². The molecule has 0 bridgehead atoms. The fourth-order valence-corrected chi connectivity index (χ4v) is 3.19. The van der Waals surface area contributed by atoms with Gasteiger partial charge in [0.25, 0.3) is 0 Å². The second kappa shape index (κ2) is 8.97. The van der Waals surface area contributed by atoms with Gasteiger partial charge in [0.05, 0.1) is 4.90 Å². The van der Waals surface area contributed by atoms with Crippen LogP contribution in [-0.4, -0.2) is 31.0 Å². The highest BCUT2D eigenvalue weighted by molar-refractivity contribution is 7.89. The second-order valence-corrected chi connectivity index (χ2v) is 8.23. The van der Waals surface area contributed by atoms with Crippen molar-refractivity contribution in [2.75, 3.05) is 6.54 Å². The van der Waals surface area contributed by atoms with Crippen molar-refractivity contribution in [2.24, 2.45) is 5.14 Å². The zero-order chi connectivity index (χ0) is 20.9. The van der Waals surface area contributed by atoms with E-state index in [2.05, 4.69) is 15.5 Å². The Labute approximate surface area is 169 Å². The lowest BCUT2D eigenvalue weighted by molar-refractivity contribution is -0.121. The Morgan fingerprint density at radius 3 is 2.41 bits per heavy atom. The lowest BCUT2D eigenvalue weighted by atomic mass is 10.1. The quantitative estimate of drug-likeness (QED) is 0.580. The molecule has 0 unspecified atom stereocenters. The molecule has 3 aromatic rings. The molecule has 0 atom stereocenters. The molecule has 1 heterocycles. The van der Waals surface area contributed by atoms with Gasteiger partial charge in [-0.3, -0.25) is 4.79 Å². The molecule has 0 aliphatic heterocycles. The van der Waals surface area contributed by atoms with E-state index < -0.39 is 10.0 Å². The average Bonchev–Trinajstić information content (AvgIpc) is 3.16. The number of carbonyl (C=O) groups excluding carboxylic acids is 1. The Morgan fingerprint density at radius 2 is 1.76 bits per heavy atom. The number of benzene rings is 2. The molecular formula is C20H22N4O4S. The number of nitrogens with one attached hydrogen (secondary N) is 1. The van der Waals surface area contributed by atoms with E-state index in [-0.39, 0.29) is 17.2 Å². The number of nitrogens with zero attached hydrogens (tertiary/aromatic N) is 2. The first-order chi connectivity index (χ1) is 13.8. The van der Waals surface area contributed by atoms with Crippen LogP contribution in [0.2, 0.25) is 0 Å². The van der Waals surface area contributed by atoms with E-state index in [1.54, 1.807) is 12.1 Å². The van der Waals surface area contributed by atoms with Gasteiger partial charge in [-0.2, -0.15) is 4.98 Å². The summed E-state index contributed by atoms with van der Waals surface area (Å²) in [5.74, 6) is 0.791. The van der Waals surface area contributed by atoms with Crippen molar-refractivity contribution in [3.05, 3.63) is 65.5 Å². The van der Waals surface area contributed by atoms with Crippen LogP contribution in [0.25, 0.3) is 11.4 Å². The maximum absolute atomic E-state index is 12.0. The van der Waals surface area contributed by atoms with E-state index in [1.807, 2.05) is 31.2 Å². The molecule has 1 amide bonds. The van der Waals surface area contributed by atoms with Gasteiger partial charge in [0.15, 0.2) is 0 Å². The molecule has 0 spiro atoms. The van der Waals surface area contributed by atoms with Gasteiger partial charge in [-0.05, 0) is 31.0 Å². The fraction of sp³-hybridized carbons (Fsp3) is 0.250. The van der Waals surface area contributed by atoms with Crippen LogP contribution < -0.4 is 10.5 Å². The number of aryl methyl sites for hydroxylation is 2. The van der Waals surface area contributed by atoms with Crippen molar-refractivity contribution in [2.45, 2.75) is 31.1 Å². The lowest BCUT2D eigenvalue weighted by Crippen LogP contribution is -2.25. The summed E-state index contributed by atoms with van der Waals surface area (Å²) in [6.07, 6.45) is 1.17. The van der Waals surface area contributed by atoms with E-state index in [1.165, 1.54) is 12.1 Å². The zero-order valence-corrected chi connectivity index (χ0v) is 16.8. The molecule has 3 rings (SSSR count). The van der Waals surface area contributed by atoms with E-state index in [0.717, 1.165) is 16.7 Å². The van der Waals surface area contributed by atoms with Crippen molar-refractivity contribution in [1.29, 1.82) is 0 Å². The molecule has 1 aromatic heterocycles. The van der Waals surface area contributed by atoms with Gasteiger partial charge in [-0.15, -0.1) is 0 Å². The number of rotatable bonds is 8. The molecule has 0 fully saturated rings. The molecule has 0 aliphatic rings. The summed E-state index contributed by atoms with van der Waals surface area (Å²) in [6, 6.07) is 14.1. The number of amides is 1. The molecule has 0 radical (unpaired) electrons. The molecule has 152 valence electrons. The maximum Gasteiger partial charge on any atom is 0.238 e. The monoisotopic (exact) mass is 414 g/mol. The van der Waals surface area contributed by atoms with Gasteiger partial charge in [0.1, 0.15) is 0 Å². The fourth-order valence-electron chi connectivity index (χ4n) is 2.68. The average molecular weight is 414 g/mol. The first-order valence-electron chi connectivity index (χ1n) is 9.09. The topological polar surface area (TPSA) is 128 Å². The molecule has 9 heteroatoms. The number of carbonyl (C=O) groups is 1. The predicted molar refractivity (Wildman–Crippen MR) is 107 cm³/mol. The minimum atomic E-state index is -3.69. The first-order valence-corrected chi connectivity index (χ1v) is 10.6.